The molecule has 0 aliphatic heterocycles. The average Bonchev–Trinajstić information content (AvgIpc) is 2.51. The summed E-state index contributed by atoms with van der Waals surface area (Å²) in [6.45, 7) is 8.30. The maximum absolute atomic E-state index is 4.74. The normalized spacial score (nSPS) is 21.4. The molecule has 4 nitrogen and oxygen atoms in total. The molecule has 0 amide bonds. The van der Waals surface area contributed by atoms with Gasteiger partial charge in [-0.25, -0.2) is 0 Å². The molecule has 0 spiro atoms. The summed E-state index contributed by atoms with van der Waals surface area (Å²) < 4.78 is 0. The highest BCUT2D eigenvalue weighted by Crippen LogP contribution is 2.23. The van der Waals surface area contributed by atoms with Gasteiger partial charge in [0.1, 0.15) is 0 Å². The second-order valence-electron chi connectivity index (χ2n) is 6.41. The maximum Gasteiger partial charge on any atom is 0.191 e. The molecular weight excluding hydrogens is 399 g/mol. The van der Waals surface area contributed by atoms with Gasteiger partial charge in [0.2, 0.25) is 0 Å². The molecule has 0 radical (unpaired) electrons. The number of rotatable bonds is 5. The summed E-state index contributed by atoms with van der Waals surface area (Å²) in [6, 6.07) is 2.67. The van der Waals surface area contributed by atoms with Crippen LogP contribution >= 0.6 is 24.0 Å². The van der Waals surface area contributed by atoms with Crippen molar-refractivity contribution in [1.82, 2.24) is 15.6 Å². The van der Waals surface area contributed by atoms with E-state index in [1.807, 2.05) is 12.4 Å². The highest BCUT2D eigenvalue weighted by atomic mass is 127. The quantitative estimate of drug-likeness (QED) is 0.426. The van der Waals surface area contributed by atoms with E-state index >= 15 is 0 Å². The number of aromatic nitrogens is 1. The summed E-state index contributed by atoms with van der Waals surface area (Å²) in [5.74, 6) is 1.85. The van der Waals surface area contributed by atoms with Gasteiger partial charge in [-0.3, -0.25) is 9.98 Å². The average molecular weight is 430 g/mol. The number of pyridine rings is 1. The topological polar surface area (TPSA) is 49.3 Å². The number of nitrogens with one attached hydrogen (secondary N) is 2. The lowest BCUT2D eigenvalue weighted by Gasteiger charge is -2.28. The lowest BCUT2D eigenvalue weighted by Crippen LogP contribution is -2.44. The molecule has 0 saturated heterocycles. The molecule has 0 bridgehead atoms. The van der Waals surface area contributed by atoms with Gasteiger partial charge in [0.15, 0.2) is 5.96 Å². The lowest BCUT2D eigenvalue weighted by molar-refractivity contribution is 0.329. The first-order chi connectivity index (χ1) is 10.7. The second-order valence-corrected chi connectivity index (χ2v) is 6.41. The SMILES string of the molecule is CCNC(=NCCc1ccncc1C)NC1CCC(C)CC1.I. The first-order valence-electron chi connectivity index (χ1n) is 8.63. The van der Waals surface area contributed by atoms with E-state index in [0.717, 1.165) is 31.4 Å². The Balaban J connectivity index is 0.00000264. The van der Waals surface area contributed by atoms with Crippen LogP contribution in [0.25, 0.3) is 0 Å². The predicted octanol–water partition coefficient (Wildman–Crippen LogP) is 3.68. The van der Waals surface area contributed by atoms with Crippen molar-refractivity contribution in [3.8, 4) is 0 Å². The molecule has 5 heteroatoms. The molecule has 1 heterocycles. The zero-order valence-electron chi connectivity index (χ0n) is 14.6. The molecule has 1 aromatic rings. The molecular formula is C18H31IN4. The van der Waals surface area contributed by atoms with Crippen LogP contribution in [0.5, 0.6) is 0 Å². The van der Waals surface area contributed by atoms with Crippen molar-refractivity contribution in [2.75, 3.05) is 13.1 Å². The van der Waals surface area contributed by atoms with Gasteiger partial charge in [0.05, 0.1) is 0 Å². The van der Waals surface area contributed by atoms with E-state index in [1.54, 1.807) is 0 Å². The van der Waals surface area contributed by atoms with E-state index in [0.29, 0.717) is 6.04 Å². The zero-order valence-corrected chi connectivity index (χ0v) is 17.0. The number of halogens is 1. The summed E-state index contributed by atoms with van der Waals surface area (Å²) >= 11 is 0. The monoisotopic (exact) mass is 430 g/mol. The summed E-state index contributed by atoms with van der Waals surface area (Å²) in [4.78, 5) is 8.88. The maximum atomic E-state index is 4.74. The molecule has 1 aromatic heterocycles. The van der Waals surface area contributed by atoms with E-state index in [9.17, 15) is 0 Å². The van der Waals surface area contributed by atoms with Crippen LogP contribution in [0, 0.1) is 12.8 Å². The van der Waals surface area contributed by atoms with E-state index < -0.39 is 0 Å². The predicted molar refractivity (Wildman–Crippen MR) is 109 cm³/mol. The molecule has 2 N–H and O–H groups in total. The number of guanidine groups is 1. The van der Waals surface area contributed by atoms with Gasteiger partial charge in [0.25, 0.3) is 0 Å². The van der Waals surface area contributed by atoms with Crippen molar-refractivity contribution < 1.29 is 0 Å². The highest BCUT2D eigenvalue weighted by Gasteiger charge is 2.18. The van der Waals surface area contributed by atoms with Gasteiger partial charge in [0, 0.05) is 31.5 Å². The summed E-state index contributed by atoms with van der Waals surface area (Å²) in [6.07, 6.45) is 9.92. The Morgan fingerprint density at radius 3 is 2.70 bits per heavy atom. The third-order valence-corrected chi connectivity index (χ3v) is 4.49. The van der Waals surface area contributed by atoms with Crippen molar-refractivity contribution in [2.45, 2.75) is 58.9 Å². The van der Waals surface area contributed by atoms with Crippen LogP contribution in [0.2, 0.25) is 0 Å². The van der Waals surface area contributed by atoms with Crippen LogP contribution in [0.1, 0.15) is 50.7 Å². The number of nitrogens with zero attached hydrogens (tertiary/aromatic N) is 2. The van der Waals surface area contributed by atoms with E-state index in [1.165, 1.54) is 36.8 Å². The number of aryl methyl sites for hydroxylation is 1. The van der Waals surface area contributed by atoms with Crippen molar-refractivity contribution in [3.05, 3.63) is 29.6 Å². The van der Waals surface area contributed by atoms with Crippen molar-refractivity contribution >= 4 is 29.9 Å². The molecule has 130 valence electrons. The standard InChI is InChI=1S/C18H30N4.HI/c1-4-20-18(22-17-7-5-14(2)6-8-17)21-12-10-16-9-11-19-13-15(16)3;/h9,11,13-14,17H,4-8,10,12H2,1-3H3,(H2,20,21,22);1H. The van der Waals surface area contributed by atoms with Gasteiger partial charge < -0.3 is 10.6 Å². The first kappa shape index (κ1) is 20.2. The number of hydrogen-bond acceptors (Lipinski definition) is 2. The fraction of sp³-hybridized carbons (Fsp3) is 0.667. The van der Waals surface area contributed by atoms with E-state index in [-0.39, 0.29) is 24.0 Å². The minimum Gasteiger partial charge on any atom is -0.357 e. The number of hydrogen-bond donors (Lipinski definition) is 2. The minimum absolute atomic E-state index is 0. The minimum atomic E-state index is 0. The van der Waals surface area contributed by atoms with Crippen LogP contribution in [-0.4, -0.2) is 30.1 Å². The van der Waals surface area contributed by atoms with Crippen LogP contribution < -0.4 is 10.6 Å². The van der Waals surface area contributed by atoms with Crippen LogP contribution in [0.15, 0.2) is 23.5 Å². The summed E-state index contributed by atoms with van der Waals surface area (Å²) in [7, 11) is 0. The van der Waals surface area contributed by atoms with Gasteiger partial charge in [-0.1, -0.05) is 6.92 Å². The highest BCUT2D eigenvalue weighted by molar-refractivity contribution is 14.0. The van der Waals surface area contributed by atoms with Gasteiger partial charge in [-0.2, -0.15) is 0 Å². The summed E-state index contributed by atoms with van der Waals surface area (Å²) in [5.41, 5.74) is 2.58. The number of aliphatic imine (C=N–C) groups is 1. The fourth-order valence-corrected chi connectivity index (χ4v) is 2.99. The Kier molecular flexibility index (Phi) is 9.52. The van der Waals surface area contributed by atoms with Crippen molar-refractivity contribution in [1.29, 1.82) is 0 Å². The lowest BCUT2D eigenvalue weighted by atomic mass is 9.87. The molecule has 0 unspecified atom stereocenters. The largest absolute Gasteiger partial charge is 0.357 e. The Morgan fingerprint density at radius 1 is 1.30 bits per heavy atom. The first-order valence-corrected chi connectivity index (χ1v) is 8.63. The Morgan fingerprint density at radius 2 is 2.04 bits per heavy atom. The smallest absolute Gasteiger partial charge is 0.191 e. The Hall–Kier alpha value is -0.850. The van der Waals surface area contributed by atoms with Crippen LogP contribution in [0.4, 0.5) is 0 Å². The third kappa shape index (κ3) is 7.06. The van der Waals surface area contributed by atoms with Gasteiger partial charge >= 0.3 is 0 Å². The van der Waals surface area contributed by atoms with Crippen molar-refractivity contribution in [3.63, 3.8) is 0 Å². The molecule has 1 fully saturated rings. The molecule has 1 saturated carbocycles. The third-order valence-electron chi connectivity index (χ3n) is 4.49. The van der Waals surface area contributed by atoms with E-state index in [4.69, 9.17) is 4.99 Å². The van der Waals surface area contributed by atoms with Gasteiger partial charge in [-0.15, -0.1) is 24.0 Å². The zero-order chi connectivity index (χ0) is 15.8. The molecule has 1 aliphatic carbocycles. The Bertz CT molecular complexity index is 482. The van der Waals surface area contributed by atoms with Gasteiger partial charge in [-0.05, 0) is 69.1 Å². The molecule has 0 aromatic carbocycles. The molecule has 2 rings (SSSR count). The summed E-state index contributed by atoms with van der Waals surface area (Å²) in [5, 5.41) is 6.97. The molecule has 1 aliphatic rings. The Labute approximate surface area is 158 Å². The molecule has 23 heavy (non-hydrogen) atoms. The van der Waals surface area contributed by atoms with E-state index in [2.05, 4.69) is 42.5 Å². The fourth-order valence-electron chi connectivity index (χ4n) is 2.99. The van der Waals surface area contributed by atoms with Crippen LogP contribution in [-0.2, 0) is 6.42 Å². The van der Waals surface area contributed by atoms with Crippen LogP contribution in [0.3, 0.4) is 0 Å². The second kappa shape index (κ2) is 10.8. The van der Waals surface area contributed by atoms with Crippen molar-refractivity contribution in [2.24, 2.45) is 10.9 Å². The molecule has 0 atom stereocenters.